The number of fused-ring (bicyclic) bond motifs is 1. The van der Waals surface area contributed by atoms with Crippen LogP contribution in [0.2, 0.25) is 0 Å². The van der Waals surface area contributed by atoms with Crippen molar-refractivity contribution in [3.63, 3.8) is 0 Å². The summed E-state index contributed by atoms with van der Waals surface area (Å²) in [5, 5.41) is 8.85. The smallest absolute Gasteiger partial charge is 0.162 e. The third-order valence-electron chi connectivity index (χ3n) is 3.01. The van der Waals surface area contributed by atoms with E-state index >= 15 is 0 Å². The van der Waals surface area contributed by atoms with Crippen LogP contribution in [-0.4, -0.2) is 13.2 Å². The van der Waals surface area contributed by atoms with Gasteiger partial charge in [0.25, 0.3) is 0 Å². The lowest BCUT2D eigenvalue weighted by molar-refractivity contribution is 0.171. The molecule has 21 heavy (non-hydrogen) atoms. The second-order valence-electron chi connectivity index (χ2n) is 4.55. The summed E-state index contributed by atoms with van der Waals surface area (Å²) >= 11 is 1.56. The summed E-state index contributed by atoms with van der Waals surface area (Å²) in [7, 11) is 0. The van der Waals surface area contributed by atoms with Crippen molar-refractivity contribution < 1.29 is 13.9 Å². The van der Waals surface area contributed by atoms with Crippen molar-refractivity contribution in [1.29, 1.82) is 5.26 Å². The fourth-order valence-electron chi connectivity index (χ4n) is 2.08. The molecule has 1 aliphatic rings. The van der Waals surface area contributed by atoms with Crippen molar-refractivity contribution >= 4 is 11.8 Å². The average Bonchev–Trinajstić information content (AvgIpc) is 2.52. The molecule has 5 heteroatoms. The number of rotatable bonds is 3. The van der Waals surface area contributed by atoms with Gasteiger partial charge in [-0.2, -0.15) is 5.26 Å². The fraction of sp³-hybridized carbons (Fsp3) is 0.188. The van der Waals surface area contributed by atoms with Gasteiger partial charge in [-0.1, -0.05) is 0 Å². The summed E-state index contributed by atoms with van der Waals surface area (Å²) < 4.78 is 24.4. The minimum atomic E-state index is -0.383. The van der Waals surface area contributed by atoms with Crippen LogP contribution in [0.1, 0.15) is 11.1 Å². The van der Waals surface area contributed by atoms with Crippen LogP contribution in [-0.2, 0) is 5.75 Å². The van der Waals surface area contributed by atoms with Crippen molar-refractivity contribution in [3.05, 3.63) is 53.3 Å². The molecule has 0 saturated carbocycles. The third-order valence-corrected chi connectivity index (χ3v) is 4.07. The molecule has 106 valence electrons. The van der Waals surface area contributed by atoms with E-state index in [0.29, 0.717) is 24.5 Å². The average molecular weight is 301 g/mol. The number of benzene rings is 2. The highest BCUT2D eigenvalue weighted by molar-refractivity contribution is 7.98. The molecule has 3 nitrogen and oxygen atoms in total. The molecular formula is C16H12FNO2S. The first-order valence-corrected chi connectivity index (χ1v) is 7.45. The lowest BCUT2D eigenvalue weighted by Crippen LogP contribution is -2.15. The van der Waals surface area contributed by atoms with E-state index in [-0.39, 0.29) is 5.82 Å². The lowest BCUT2D eigenvalue weighted by atomic mass is 10.1. The molecular weight excluding hydrogens is 289 g/mol. The topological polar surface area (TPSA) is 42.2 Å². The molecule has 0 radical (unpaired) electrons. The monoisotopic (exact) mass is 301 g/mol. The second-order valence-corrected chi connectivity index (χ2v) is 5.60. The van der Waals surface area contributed by atoms with E-state index < -0.39 is 0 Å². The van der Waals surface area contributed by atoms with Gasteiger partial charge in [-0.25, -0.2) is 4.39 Å². The Morgan fingerprint density at radius 3 is 2.71 bits per heavy atom. The molecule has 1 aliphatic heterocycles. The molecule has 0 aromatic heterocycles. The van der Waals surface area contributed by atoms with Gasteiger partial charge in [0.2, 0.25) is 0 Å². The Morgan fingerprint density at radius 2 is 1.90 bits per heavy atom. The fourth-order valence-corrected chi connectivity index (χ4v) is 2.93. The number of nitriles is 1. The zero-order valence-corrected chi connectivity index (χ0v) is 12.0. The number of halogens is 1. The van der Waals surface area contributed by atoms with Crippen LogP contribution in [0.3, 0.4) is 0 Å². The van der Waals surface area contributed by atoms with E-state index in [2.05, 4.69) is 0 Å². The molecule has 2 aromatic rings. The van der Waals surface area contributed by atoms with E-state index in [4.69, 9.17) is 14.7 Å². The van der Waals surface area contributed by atoms with Gasteiger partial charge in [0.1, 0.15) is 19.0 Å². The normalized spacial score (nSPS) is 12.8. The molecule has 1 heterocycles. The highest BCUT2D eigenvalue weighted by Gasteiger charge is 2.12. The first kappa shape index (κ1) is 13.8. The Balaban J connectivity index is 1.73. The van der Waals surface area contributed by atoms with E-state index in [1.165, 1.54) is 12.1 Å². The van der Waals surface area contributed by atoms with Gasteiger partial charge in [-0.05, 0) is 42.0 Å². The van der Waals surface area contributed by atoms with Crippen molar-refractivity contribution in [2.45, 2.75) is 10.6 Å². The summed E-state index contributed by atoms with van der Waals surface area (Å²) in [6, 6.07) is 12.1. The number of thioether (sulfide) groups is 1. The second kappa shape index (κ2) is 6.06. The molecule has 0 fully saturated rings. The Labute approximate surface area is 126 Å². The summed E-state index contributed by atoms with van der Waals surface area (Å²) in [5.74, 6) is 1.70. The zero-order valence-electron chi connectivity index (χ0n) is 11.1. The van der Waals surface area contributed by atoms with Gasteiger partial charge in [0.05, 0.1) is 11.6 Å². The van der Waals surface area contributed by atoms with Gasteiger partial charge in [-0.3, -0.25) is 0 Å². The number of hydrogen-bond acceptors (Lipinski definition) is 4. The van der Waals surface area contributed by atoms with Crippen molar-refractivity contribution in [2.75, 3.05) is 13.2 Å². The predicted octanol–water partition coefficient (Wildman–Crippen LogP) is 3.76. The van der Waals surface area contributed by atoms with E-state index in [9.17, 15) is 4.39 Å². The molecule has 0 N–H and O–H groups in total. The van der Waals surface area contributed by atoms with Gasteiger partial charge in [0, 0.05) is 10.6 Å². The molecule has 0 atom stereocenters. The van der Waals surface area contributed by atoms with Crippen molar-refractivity contribution in [1.82, 2.24) is 0 Å². The summed E-state index contributed by atoms with van der Waals surface area (Å²) in [6.07, 6.45) is 0. The maximum absolute atomic E-state index is 13.4. The molecule has 0 unspecified atom stereocenters. The third kappa shape index (κ3) is 3.29. The molecule has 0 aliphatic carbocycles. The van der Waals surface area contributed by atoms with Gasteiger partial charge < -0.3 is 9.47 Å². The van der Waals surface area contributed by atoms with E-state index in [1.807, 2.05) is 24.3 Å². The summed E-state index contributed by atoms with van der Waals surface area (Å²) in [5.41, 5.74) is 1.12. The highest BCUT2D eigenvalue weighted by atomic mass is 32.2. The summed E-state index contributed by atoms with van der Waals surface area (Å²) in [6.45, 7) is 1.12. The maximum Gasteiger partial charge on any atom is 0.162 e. The van der Waals surface area contributed by atoms with Crippen LogP contribution in [0.4, 0.5) is 4.39 Å². The minimum absolute atomic E-state index is 0.341. The summed E-state index contributed by atoms with van der Waals surface area (Å²) in [4.78, 5) is 1.02. The Kier molecular flexibility index (Phi) is 3.98. The maximum atomic E-state index is 13.4. The lowest BCUT2D eigenvalue weighted by Gasteiger charge is -2.18. The van der Waals surface area contributed by atoms with Gasteiger partial charge in [0.15, 0.2) is 11.5 Å². The van der Waals surface area contributed by atoms with Crippen LogP contribution in [0.15, 0.2) is 41.3 Å². The Morgan fingerprint density at radius 1 is 1.10 bits per heavy atom. The van der Waals surface area contributed by atoms with Crippen LogP contribution >= 0.6 is 11.8 Å². The van der Waals surface area contributed by atoms with Gasteiger partial charge >= 0.3 is 0 Å². The Hall–Kier alpha value is -2.19. The highest BCUT2D eigenvalue weighted by Crippen LogP contribution is 2.35. The minimum Gasteiger partial charge on any atom is -0.486 e. The number of hydrogen-bond donors (Lipinski definition) is 0. The van der Waals surface area contributed by atoms with Crippen LogP contribution < -0.4 is 9.47 Å². The van der Waals surface area contributed by atoms with Crippen LogP contribution in [0.25, 0.3) is 0 Å². The van der Waals surface area contributed by atoms with Crippen molar-refractivity contribution in [3.8, 4) is 17.6 Å². The molecule has 3 rings (SSSR count). The van der Waals surface area contributed by atoms with Crippen molar-refractivity contribution in [2.24, 2.45) is 0 Å². The molecule has 0 saturated heterocycles. The van der Waals surface area contributed by atoms with Crippen LogP contribution in [0.5, 0.6) is 11.5 Å². The number of ether oxygens (including phenoxy) is 2. The van der Waals surface area contributed by atoms with Crippen LogP contribution in [0, 0.1) is 17.1 Å². The Bertz CT molecular complexity index is 712. The number of nitrogens with zero attached hydrogens (tertiary/aromatic N) is 1. The predicted molar refractivity (Wildman–Crippen MR) is 78.1 cm³/mol. The zero-order chi connectivity index (χ0) is 14.7. The SMILES string of the molecule is N#Cc1cc(F)cc(CSc2ccc3c(c2)OCCO3)c1. The first-order valence-electron chi connectivity index (χ1n) is 6.46. The standard InChI is InChI=1S/C16H12FNO2S/c17-13-6-11(9-18)5-12(7-13)10-21-14-1-2-15-16(8-14)20-4-3-19-15/h1-2,5-8H,3-4,10H2. The van der Waals surface area contributed by atoms with Gasteiger partial charge in [-0.15, -0.1) is 11.8 Å². The van der Waals surface area contributed by atoms with E-state index in [0.717, 1.165) is 22.0 Å². The quantitative estimate of drug-likeness (QED) is 0.810. The molecule has 0 bridgehead atoms. The molecule has 0 spiro atoms. The molecule has 0 amide bonds. The molecule has 2 aromatic carbocycles. The first-order chi connectivity index (χ1) is 10.2. The largest absolute Gasteiger partial charge is 0.486 e. The van der Waals surface area contributed by atoms with E-state index in [1.54, 1.807) is 17.8 Å².